The Morgan fingerprint density at radius 1 is 1.04 bits per heavy atom. The molecule has 0 heterocycles. The van der Waals surface area contributed by atoms with E-state index in [0.29, 0.717) is 5.75 Å². The van der Waals surface area contributed by atoms with E-state index in [0.717, 1.165) is 41.2 Å². The first kappa shape index (κ1) is 20.6. The van der Waals surface area contributed by atoms with Crippen molar-refractivity contribution in [2.75, 3.05) is 14.2 Å². The van der Waals surface area contributed by atoms with Crippen LogP contribution in [0, 0.1) is 0 Å². The first-order valence-corrected chi connectivity index (χ1v) is 8.22. The standard InChI is InChI=1S/C19H24ClNO2.ClH/c1-4-13-11-18(22-2)19(23-3)12-15(13)17(21)10-9-14-7-5-6-8-16(14)20;/h5-8,11-12,17H,4,9-10,21H2,1-3H3;1H. The van der Waals surface area contributed by atoms with E-state index in [4.69, 9.17) is 26.8 Å². The molecule has 0 bridgehead atoms. The molecule has 0 amide bonds. The third-order valence-corrected chi connectivity index (χ3v) is 4.48. The van der Waals surface area contributed by atoms with Crippen molar-refractivity contribution in [3.63, 3.8) is 0 Å². The first-order valence-electron chi connectivity index (χ1n) is 7.84. The fourth-order valence-corrected chi connectivity index (χ4v) is 2.99. The molecule has 0 saturated heterocycles. The van der Waals surface area contributed by atoms with Crippen LogP contribution in [-0.2, 0) is 12.8 Å². The third-order valence-electron chi connectivity index (χ3n) is 4.11. The van der Waals surface area contributed by atoms with Gasteiger partial charge in [-0.3, -0.25) is 0 Å². The Kier molecular flexibility index (Phi) is 8.40. The lowest BCUT2D eigenvalue weighted by atomic mass is 9.94. The quantitative estimate of drug-likeness (QED) is 0.748. The maximum Gasteiger partial charge on any atom is 0.161 e. The van der Waals surface area contributed by atoms with Crippen molar-refractivity contribution in [2.45, 2.75) is 32.2 Å². The zero-order valence-electron chi connectivity index (χ0n) is 14.3. The number of halogens is 2. The summed E-state index contributed by atoms with van der Waals surface area (Å²) >= 11 is 6.22. The molecular formula is C19H25Cl2NO2. The average molecular weight is 370 g/mol. The smallest absolute Gasteiger partial charge is 0.161 e. The number of benzene rings is 2. The molecule has 0 aromatic heterocycles. The number of rotatable bonds is 7. The van der Waals surface area contributed by atoms with E-state index >= 15 is 0 Å². The molecule has 2 aromatic rings. The summed E-state index contributed by atoms with van der Waals surface area (Å²) in [7, 11) is 3.29. The summed E-state index contributed by atoms with van der Waals surface area (Å²) in [4.78, 5) is 0. The zero-order chi connectivity index (χ0) is 16.8. The van der Waals surface area contributed by atoms with Crippen molar-refractivity contribution in [3.05, 3.63) is 58.1 Å². The van der Waals surface area contributed by atoms with Gasteiger partial charge in [0.2, 0.25) is 0 Å². The summed E-state index contributed by atoms with van der Waals surface area (Å²) in [6.45, 7) is 2.12. The van der Waals surface area contributed by atoms with Crippen LogP contribution in [0.25, 0.3) is 0 Å². The number of nitrogens with two attached hydrogens (primary N) is 1. The van der Waals surface area contributed by atoms with Gasteiger partial charge in [0.15, 0.2) is 11.5 Å². The van der Waals surface area contributed by atoms with Crippen LogP contribution < -0.4 is 15.2 Å². The Morgan fingerprint density at radius 3 is 2.25 bits per heavy atom. The van der Waals surface area contributed by atoms with Crippen LogP contribution in [0.2, 0.25) is 5.02 Å². The van der Waals surface area contributed by atoms with Crippen molar-refractivity contribution >= 4 is 24.0 Å². The largest absolute Gasteiger partial charge is 0.493 e. The van der Waals surface area contributed by atoms with Crippen molar-refractivity contribution in [3.8, 4) is 11.5 Å². The van der Waals surface area contributed by atoms with Crippen molar-refractivity contribution in [1.82, 2.24) is 0 Å². The predicted octanol–water partition coefficient (Wildman–Crippen LogP) is 4.97. The van der Waals surface area contributed by atoms with Gasteiger partial charge in [0.1, 0.15) is 0 Å². The minimum absolute atomic E-state index is 0. The Hall–Kier alpha value is -1.42. The van der Waals surface area contributed by atoms with E-state index in [2.05, 4.69) is 6.92 Å². The SMILES string of the molecule is CCc1cc(OC)c(OC)cc1C(N)CCc1ccccc1Cl.Cl. The first-order chi connectivity index (χ1) is 11.1. The van der Waals surface area contributed by atoms with E-state index in [1.807, 2.05) is 36.4 Å². The van der Waals surface area contributed by atoms with Gasteiger partial charge < -0.3 is 15.2 Å². The number of methoxy groups -OCH3 is 2. The molecule has 0 saturated carbocycles. The molecule has 1 atom stereocenters. The summed E-state index contributed by atoms with van der Waals surface area (Å²) < 4.78 is 10.8. The summed E-state index contributed by atoms with van der Waals surface area (Å²) in [5, 5.41) is 0.794. The molecule has 24 heavy (non-hydrogen) atoms. The Bertz CT molecular complexity index is 662. The molecule has 0 aliphatic rings. The molecule has 2 rings (SSSR count). The molecule has 0 fully saturated rings. The molecule has 2 N–H and O–H groups in total. The molecule has 5 heteroatoms. The highest BCUT2D eigenvalue weighted by Crippen LogP contribution is 2.34. The minimum Gasteiger partial charge on any atom is -0.493 e. The lowest BCUT2D eigenvalue weighted by Gasteiger charge is -2.19. The van der Waals surface area contributed by atoms with Crippen LogP contribution in [0.5, 0.6) is 11.5 Å². The van der Waals surface area contributed by atoms with Crippen LogP contribution in [0.3, 0.4) is 0 Å². The maximum atomic E-state index is 6.44. The van der Waals surface area contributed by atoms with E-state index in [9.17, 15) is 0 Å². The lowest BCUT2D eigenvalue weighted by molar-refractivity contribution is 0.353. The highest BCUT2D eigenvalue weighted by Gasteiger charge is 2.16. The second kappa shape index (κ2) is 9.77. The van der Waals surface area contributed by atoms with Gasteiger partial charge >= 0.3 is 0 Å². The lowest BCUT2D eigenvalue weighted by Crippen LogP contribution is -2.14. The van der Waals surface area contributed by atoms with Crippen LogP contribution >= 0.6 is 24.0 Å². The summed E-state index contributed by atoms with van der Waals surface area (Å²) in [6, 6.07) is 11.8. The highest BCUT2D eigenvalue weighted by molar-refractivity contribution is 6.31. The molecule has 0 spiro atoms. The van der Waals surface area contributed by atoms with Crippen molar-refractivity contribution in [1.29, 1.82) is 0 Å². The number of hydrogen-bond donors (Lipinski definition) is 1. The average Bonchev–Trinajstić information content (AvgIpc) is 2.59. The van der Waals surface area contributed by atoms with Gasteiger partial charge in [0, 0.05) is 11.1 Å². The van der Waals surface area contributed by atoms with Crippen molar-refractivity contribution < 1.29 is 9.47 Å². The molecule has 2 aromatic carbocycles. The maximum absolute atomic E-state index is 6.44. The van der Waals surface area contributed by atoms with Gasteiger partial charge in [-0.2, -0.15) is 0 Å². The van der Waals surface area contributed by atoms with E-state index in [1.54, 1.807) is 14.2 Å². The van der Waals surface area contributed by atoms with Crippen molar-refractivity contribution in [2.24, 2.45) is 5.73 Å². The van der Waals surface area contributed by atoms with Gasteiger partial charge in [-0.05, 0) is 54.2 Å². The second-order valence-corrected chi connectivity index (χ2v) is 5.90. The van der Waals surface area contributed by atoms with Crippen LogP contribution in [-0.4, -0.2) is 14.2 Å². The summed E-state index contributed by atoms with van der Waals surface area (Å²) in [5.74, 6) is 1.46. The topological polar surface area (TPSA) is 44.5 Å². The van der Waals surface area contributed by atoms with Crippen LogP contribution in [0.15, 0.2) is 36.4 Å². The zero-order valence-corrected chi connectivity index (χ0v) is 15.9. The highest BCUT2D eigenvalue weighted by atomic mass is 35.5. The molecular weight excluding hydrogens is 345 g/mol. The van der Waals surface area contributed by atoms with E-state index in [1.165, 1.54) is 5.56 Å². The predicted molar refractivity (Wildman–Crippen MR) is 103 cm³/mol. The normalized spacial score (nSPS) is 11.5. The number of hydrogen-bond acceptors (Lipinski definition) is 3. The summed E-state index contributed by atoms with van der Waals surface area (Å²) in [5.41, 5.74) is 9.87. The van der Waals surface area contributed by atoms with E-state index in [-0.39, 0.29) is 18.4 Å². The number of aryl methyl sites for hydroxylation is 2. The Morgan fingerprint density at radius 2 is 1.67 bits per heavy atom. The molecule has 0 aliphatic carbocycles. The van der Waals surface area contributed by atoms with Gasteiger partial charge in [-0.25, -0.2) is 0 Å². The van der Waals surface area contributed by atoms with Crippen LogP contribution in [0.1, 0.15) is 36.1 Å². The molecule has 1 unspecified atom stereocenters. The Balaban J connectivity index is 0.00000288. The summed E-state index contributed by atoms with van der Waals surface area (Å²) in [6.07, 6.45) is 2.57. The molecule has 132 valence electrons. The Labute approximate surface area is 155 Å². The molecule has 3 nitrogen and oxygen atoms in total. The van der Waals surface area contributed by atoms with Gasteiger partial charge in [-0.1, -0.05) is 36.7 Å². The van der Waals surface area contributed by atoms with Gasteiger partial charge in [0.05, 0.1) is 14.2 Å². The number of ether oxygens (including phenoxy) is 2. The van der Waals surface area contributed by atoms with Gasteiger partial charge in [-0.15, -0.1) is 12.4 Å². The fourth-order valence-electron chi connectivity index (χ4n) is 2.76. The monoisotopic (exact) mass is 369 g/mol. The van der Waals surface area contributed by atoms with E-state index < -0.39 is 0 Å². The second-order valence-electron chi connectivity index (χ2n) is 5.50. The fraction of sp³-hybridized carbons (Fsp3) is 0.368. The molecule has 0 aliphatic heterocycles. The van der Waals surface area contributed by atoms with Gasteiger partial charge in [0.25, 0.3) is 0 Å². The third kappa shape index (κ3) is 4.79. The van der Waals surface area contributed by atoms with Crippen LogP contribution in [0.4, 0.5) is 0 Å². The minimum atomic E-state index is -0.0685. The molecule has 0 radical (unpaired) electrons.